The van der Waals surface area contributed by atoms with Gasteiger partial charge in [0.25, 0.3) is 0 Å². The van der Waals surface area contributed by atoms with Crippen LogP contribution in [-0.4, -0.2) is 24.6 Å². The number of thioether (sulfide) groups is 1. The van der Waals surface area contributed by atoms with Crippen LogP contribution in [0.2, 0.25) is 0 Å². The molecule has 0 saturated heterocycles. The molecule has 0 spiro atoms. The first-order chi connectivity index (χ1) is 7.76. The Hall–Kier alpha value is -1.16. The monoisotopic (exact) mass is 239 g/mol. The first kappa shape index (κ1) is 12.9. The Kier molecular flexibility index (Phi) is 5.78. The molecule has 16 heavy (non-hydrogen) atoms. The highest BCUT2D eigenvalue weighted by Gasteiger charge is 2.18. The van der Waals surface area contributed by atoms with Crippen LogP contribution in [0.3, 0.4) is 0 Å². The number of rotatable bonds is 2. The lowest BCUT2D eigenvalue weighted by Gasteiger charge is -2.00. The van der Waals surface area contributed by atoms with Crippen molar-refractivity contribution in [2.24, 2.45) is 0 Å². The van der Waals surface area contributed by atoms with Crippen LogP contribution >= 0.6 is 11.8 Å². The van der Waals surface area contributed by atoms with Gasteiger partial charge in [0.15, 0.2) is 0 Å². The number of hydrogen-bond donors (Lipinski definition) is 1. The Morgan fingerprint density at radius 1 is 1.38 bits per heavy atom. The van der Waals surface area contributed by atoms with E-state index in [0.717, 1.165) is 5.25 Å². The highest BCUT2D eigenvalue weighted by Crippen LogP contribution is 2.31. The summed E-state index contributed by atoms with van der Waals surface area (Å²) >= 11 is 1.99. The maximum atomic E-state index is 10.6. The van der Waals surface area contributed by atoms with Gasteiger partial charge in [-0.15, -0.1) is 0 Å². The Morgan fingerprint density at radius 3 is 2.38 bits per heavy atom. The standard InChI is InChI=1S/C8H9NO2.C4H8S/c1-9-8(10)11-7-5-3-2-4-6-7;1-5-4-2-3-4/h2-6H,1H3,(H,9,10);4H,2-3H2,1H3. The van der Waals surface area contributed by atoms with E-state index in [0.29, 0.717) is 5.75 Å². The van der Waals surface area contributed by atoms with Crippen LogP contribution in [0.15, 0.2) is 30.3 Å². The molecule has 0 heterocycles. The summed E-state index contributed by atoms with van der Waals surface area (Å²) in [7, 11) is 1.52. The average Bonchev–Trinajstić information content (AvgIpc) is 3.14. The van der Waals surface area contributed by atoms with Crippen molar-refractivity contribution in [3.05, 3.63) is 30.3 Å². The number of ether oxygens (including phenoxy) is 1. The molecule has 1 aliphatic carbocycles. The van der Waals surface area contributed by atoms with E-state index in [2.05, 4.69) is 11.6 Å². The molecule has 0 radical (unpaired) electrons. The Bertz CT molecular complexity index is 312. The molecule has 1 aromatic rings. The molecule has 2 rings (SSSR count). The van der Waals surface area contributed by atoms with Gasteiger partial charge < -0.3 is 10.1 Å². The molecule has 0 bridgehead atoms. The number of amides is 1. The fourth-order valence-corrected chi connectivity index (χ4v) is 1.56. The number of carbonyl (C=O) groups excluding carboxylic acids is 1. The highest BCUT2D eigenvalue weighted by atomic mass is 32.2. The normalized spacial score (nSPS) is 13.4. The van der Waals surface area contributed by atoms with Crippen LogP contribution in [0.1, 0.15) is 12.8 Å². The molecular formula is C12H17NO2S. The molecule has 0 aromatic heterocycles. The van der Waals surface area contributed by atoms with E-state index < -0.39 is 6.09 Å². The van der Waals surface area contributed by atoms with Crippen LogP contribution in [0.4, 0.5) is 4.79 Å². The SMILES string of the molecule is CNC(=O)Oc1ccccc1.CSC1CC1. The van der Waals surface area contributed by atoms with Crippen LogP contribution in [0.5, 0.6) is 5.75 Å². The van der Waals surface area contributed by atoms with Crippen molar-refractivity contribution in [3.63, 3.8) is 0 Å². The summed E-state index contributed by atoms with van der Waals surface area (Å²) in [5.41, 5.74) is 0. The second-order valence-electron chi connectivity index (χ2n) is 3.39. The van der Waals surface area contributed by atoms with Crippen LogP contribution in [0.25, 0.3) is 0 Å². The van der Waals surface area contributed by atoms with Crippen molar-refractivity contribution in [3.8, 4) is 5.75 Å². The fourth-order valence-electron chi connectivity index (χ4n) is 0.950. The van der Waals surface area contributed by atoms with E-state index in [1.807, 2.05) is 17.8 Å². The summed E-state index contributed by atoms with van der Waals surface area (Å²) < 4.78 is 4.81. The Labute approximate surface area is 101 Å². The van der Waals surface area contributed by atoms with E-state index in [4.69, 9.17) is 4.74 Å². The van der Waals surface area contributed by atoms with Gasteiger partial charge in [-0.25, -0.2) is 4.79 Å². The first-order valence-corrected chi connectivity index (χ1v) is 6.52. The zero-order valence-corrected chi connectivity index (χ0v) is 10.4. The predicted molar refractivity (Wildman–Crippen MR) is 68.1 cm³/mol. The molecule has 1 amide bonds. The van der Waals surface area contributed by atoms with Crippen molar-refractivity contribution in [1.82, 2.24) is 5.32 Å². The third-order valence-electron chi connectivity index (χ3n) is 2.02. The second-order valence-corrected chi connectivity index (χ2v) is 4.53. The number of nitrogens with one attached hydrogen (secondary N) is 1. The Morgan fingerprint density at radius 2 is 2.00 bits per heavy atom. The van der Waals surface area contributed by atoms with Crippen molar-refractivity contribution in [2.45, 2.75) is 18.1 Å². The minimum absolute atomic E-state index is 0.448. The predicted octanol–water partition coefficient (Wildman–Crippen LogP) is 2.92. The van der Waals surface area contributed by atoms with Crippen molar-refractivity contribution < 1.29 is 9.53 Å². The third kappa shape index (κ3) is 5.66. The number of carbonyl (C=O) groups is 1. The molecule has 1 fully saturated rings. The molecule has 1 aliphatic rings. The van der Waals surface area contributed by atoms with E-state index in [1.54, 1.807) is 24.3 Å². The van der Waals surface area contributed by atoms with E-state index in [9.17, 15) is 4.79 Å². The van der Waals surface area contributed by atoms with Crippen LogP contribution < -0.4 is 10.1 Å². The lowest BCUT2D eigenvalue weighted by Crippen LogP contribution is -2.21. The van der Waals surface area contributed by atoms with Gasteiger partial charge in [0.1, 0.15) is 5.75 Å². The lowest BCUT2D eigenvalue weighted by molar-refractivity contribution is 0.203. The summed E-state index contributed by atoms with van der Waals surface area (Å²) in [4.78, 5) is 10.6. The van der Waals surface area contributed by atoms with Gasteiger partial charge in [0.2, 0.25) is 0 Å². The molecule has 1 N–H and O–H groups in total. The topological polar surface area (TPSA) is 38.3 Å². The molecule has 1 saturated carbocycles. The van der Waals surface area contributed by atoms with E-state index in [-0.39, 0.29) is 0 Å². The van der Waals surface area contributed by atoms with Crippen molar-refractivity contribution in [2.75, 3.05) is 13.3 Å². The molecular weight excluding hydrogens is 222 g/mol. The van der Waals surface area contributed by atoms with Gasteiger partial charge in [0.05, 0.1) is 0 Å². The number of benzene rings is 1. The minimum Gasteiger partial charge on any atom is -0.410 e. The maximum absolute atomic E-state index is 10.6. The summed E-state index contributed by atoms with van der Waals surface area (Å²) in [6.45, 7) is 0. The third-order valence-corrected chi connectivity index (χ3v) is 3.15. The zero-order chi connectivity index (χ0) is 11.8. The fraction of sp³-hybridized carbons (Fsp3) is 0.417. The maximum Gasteiger partial charge on any atom is 0.412 e. The van der Waals surface area contributed by atoms with Crippen LogP contribution in [0, 0.1) is 0 Å². The van der Waals surface area contributed by atoms with Crippen molar-refractivity contribution >= 4 is 17.9 Å². The van der Waals surface area contributed by atoms with Gasteiger partial charge in [-0.2, -0.15) is 11.8 Å². The van der Waals surface area contributed by atoms with Crippen molar-refractivity contribution in [1.29, 1.82) is 0 Å². The molecule has 1 aromatic carbocycles. The average molecular weight is 239 g/mol. The van der Waals surface area contributed by atoms with Crippen LogP contribution in [-0.2, 0) is 0 Å². The Balaban J connectivity index is 0.000000212. The summed E-state index contributed by atoms with van der Waals surface area (Å²) in [6.07, 6.45) is 4.68. The van der Waals surface area contributed by atoms with E-state index in [1.165, 1.54) is 19.9 Å². The summed E-state index contributed by atoms with van der Waals surface area (Å²) in [5.74, 6) is 0.548. The molecule has 88 valence electrons. The molecule has 0 atom stereocenters. The number of hydrogen-bond acceptors (Lipinski definition) is 3. The quantitative estimate of drug-likeness (QED) is 0.862. The second kappa shape index (κ2) is 7.17. The smallest absolute Gasteiger partial charge is 0.410 e. The largest absolute Gasteiger partial charge is 0.412 e. The molecule has 3 nitrogen and oxygen atoms in total. The minimum atomic E-state index is -0.448. The zero-order valence-electron chi connectivity index (χ0n) is 9.60. The van der Waals surface area contributed by atoms with Gasteiger partial charge in [-0.05, 0) is 31.2 Å². The summed E-state index contributed by atoms with van der Waals surface area (Å²) in [5, 5.41) is 3.40. The molecule has 0 aliphatic heterocycles. The summed E-state index contributed by atoms with van der Waals surface area (Å²) in [6, 6.07) is 8.90. The molecule has 4 heteroatoms. The van der Waals surface area contributed by atoms with E-state index >= 15 is 0 Å². The van der Waals surface area contributed by atoms with Gasteiger partial charge in [0, 0.05) is 12.3 Å². The van der Waals surface area contributed by atoms with Gasteiger partial charge in [-0.1, -0.05) is 18.2 Å². The first-order valence-electron chi connectivity index (χ1n) is 5.23. The number of para-hydroxylation sites is 1. The highest BCUT2D eigenvalue weighted by molar-refractivity contribution is 7.99. The molecule has 0 unspecified atom stereocenters. The van der Waals surface area contributed by atoms with Gasteiger partial charge in [-0.3, -0.25) is 0 Å². The lowest BCUT2D eigenvalue weighted by atomic mass is 10.3. The van der Waals surface area contributed by atoms with Gasteiger partial charge >= 0.3 is 6.09 Å².